The van der Waals surface area contributed by atoms with Crippen molar-refractivity contribution in [2.75, 3.05) is 25.1 Å². The number of anilines is 1. The molecule has 2 aromatic rings. The van der Waals surface area contributed by atoms with Crippen molar-refractivity contribution < 1.29 is 28.6 Å². The van der Waals surface area contributed by atoms with Crippen LogP contribution < -0.4 is 19.5 Å². The number of amides is 3. The van der Waals surface area contributed by atoms with Gasteiger partial charge in [0.25, 0.3) is 11.1 Å². The molecule has 0 bridgehead atoms. The average Bonchev–Trinajstić information content (AvgIpc) is 3.09. The molecule has 1 aliphatic rings. The second-order valence-electron chi connectivity index (χ2n) is 7.75. The van der Waals surface area contributed by atoms with Gasteiger partial charge in [-0.15, -0.1) is 0 Å². The lowest BCUT2D eigenvalue weighted by molar-refractivity contribution is -0.127. The number of benzene rings is 2. The average molecular weight is 499 g/mol. The molecule has 0 radical (unpaired) electrons. The second kappa shape index (κ2) is 12.3. The number of nitrogens with zero attached hydrogens (tertiary/aromatic N) is 1. The molecule has 9 heteroatoms. The molecule has 1 saturated heterocycles. The summed E-state index contributed by atoms with van der Waals surface area (Å²) in [5.74, 6) is 0.893. The first-order valence-electron chi connectivity index (χ1n) is 11.6. The van der Waals surface area contributed by atoms with E-state index in [2.05, 4.69) is 5.32 Å². The Morgan fingerprint density at radius 1 is 1.03 bits per heavy atom. The Hall–Kier alpha value is -3.46. The largest absolute Gasteiger partial charge is 0.494 e. The SMILES string of the molecule is CCOc1ccc(NC(=O)CN2C(=O)S/C(=C/c3ccc(O[C@H](C)CC)c(OCC)c3)C2=O)cc1. The third kappa shape index (κ3) is 7.02. The van der Waals surface area contributed by atoms with Crippen LogP contribution in [-0.2, 0) is 9.59 Å². The predicted molar refractivity (Wildman–Crippen MR) is 137 cm³/mol. The molecule has 0 spiro atoms. The van der Waals surface area contributed by atoms with Crippen LogP contribution in [0.2, 0.25) is 0 Å². The Morgan fingerprint density at radius 2 is 1.74 bits per heavy atom. The Morgan fingerprint density at radius 3 is 2.40 bits per heavy atom. The first-order chi connectivity index (χ1) is 16.8. The van der Waals surface area contributed by atoms with Crippen LogP contribution >= 0.6 is 11.8 Å². The Bertz CT molecular complexity index is 1100. The van der Waals surface area contributed by atoms with E-state index in [-0.39, 0.29) is 17.6 Å². The number of carbonyl (C=O) groups is 3. The van der Waals surface area contributed by atoms with Gasteiger partial charge >= 0.3 is 0 Å². The van der Waals surface area contributed by atoms with E-state index in [4.69, 9.17) is 14.2 Å². The fourth-order valence-electron chi connectivity index (χ4n) is 3.21. The first kappa shape index (κ1) is 26.2. The molecule has 8 nitrogen and oxygen atoms in total. The molecule has 1 heterocycles. The van der Waals surface area contributed by atoms with Crippen molar-refractivity contribution in [3.8, 4) is 17.2 Å². The molecule has 0 unspecified atom stereocenters. The highest BCUT2D eigenvalue weighted by Crippen LogP contribution is 2.35. The Kier molecular flexibility index (Phi) is 9.19. The maximum Gasteiger partial charge on any atom is 0.294 e. The number of carbonyl (C=O) groups excluding carboxylic acids is 3. The van der Waals surface area contributed by atoms with Gasteiger partial charge in [-0.1, -0.05) is 13.0 Å². The van der Waals surface area contributed by atoms with Crippen LogP contribution in [0.25, 0.3) is 6.08 Å². The quantitative estimate of drug-likeness (QED) is 0.418. The second-order valence-corrected chi connectivity index (χ2v) is 8.74. The molecule has 1 N–H and O–H groups in total. The van der Waals surface area contributed by atoms with Crippen molar-refractivity contribution in [1.29, 1.82) is 0 Å². The zero-order valence-corrected chi connectivity index (χ0v) is 21.1. The molecular weight excluding hydrogens is 468 g/mol. The molecule has 1 atom stereocenters. The summed E-state index contributed by atoms with van der Waals surface area (Å²) in [7, 11) is 0. The standard InChI is InChI=1S/C26H30N2O6S/c1-5-17(4)34-21-13-8-18(14-22(21)33-7-3)15-23-25(30)28(26(31)35-23)16-24(29)27-19-9-11-20(12-10-19)32-6-2/h8-15,17H,5-7,16H2,1-4H3,(H,27,29)/b23-15+/t17-/m1/s1. The molecule has 3 rings (SSSR count). The monoisotopic (exact) mass is 498 g/mol. The van der Waals surface area contributed by atoms with Gasteiger partial charge in [-0.3, -0.25) is 19.3 Å². The zero-order chi connectivity index (χ0) is 25.4. The summed E-state index contributed by atoms with van der Waals surface area (Å²) in [6, 6.07) is 12.2. The van der Waals surface area contributed by atoms with Crippen LogP contribution in [0.3, 0.4) is 0 Å². The summed E-state index contributed by atoms with van der Waals surface area (Å²) in [4.78, 5) is 38.9. The molecule has 35 heavy (non-hydrogen) atoms. The van der Waals surface area contributed by atoms with Crippen LogP contribution in [0.15, 0.2) is 47.4 Å². The Balaban J connectivity index is 1.68. The molecular formula is C26H30N2O6S. The summed E-state index contributed by atoms with van der Waals surface area (Å²) in [6.07, 6.45) is 2.50. The van der Waals surface area contributed by atoms with Gasteiger partial charge in [0.1, 0.15) is 12.3 Å². The topological polar surface area (TPSA) is 94.2 Å². The van der Waals surface area contributed by atoms with Gasteiger partial charge in [0.05, 0.1) is 24.2 Å². The van der Waals surface area contributed by atoms with Gasteiger partial charge < -0.3 is 19.5 Å². The summed E-state index contributed by atoms with van der Waals surface area (Å²) < 4.78 is 17.0. The van der Waals surface area contributed by atoms with E-state index in [1.807, 2.05) is 27.7 Å². The minimum atomic E-state index is -0.514. The fraction of sp³-hybridized carbons (Fsp3) is 0.346. The summed E-state index contributed by atoms with van der Waals surface area (Å²) in [6.45, 7) is 8.40. The van der Waals surface area contributed by atoms with Gasteiger partial charge in [0.15, 0.2) is 11.5 Å². The molecule has 0 saturated carbocycles. The number of imide groups is 1. The van der Waals surface area contributed by atoms with E-state index in [1.165, 1.54) is 0 Å². The van der Waals surface area contributed by atoms with Crippen molar-refractivity contribution in [3.63, 3.8) is 0 Å². The number of rotatable bonds is 11. The maximum absolute atomic E-state index is 12.9. The third-order valence-electron chi connectivity index (χ3n) is 5.09. The van der Waals surface area contributed by atoms with Gasteiger partial charge in [0.2, 0.25) is 5.91 Å². The van der Waals surface area contributed by atoms with Crippen molar-refractivity contribution in [1.82, 2.24) is 4.90 Å². The molecule has 0 aromatic heterocycles. The van der Waals surface area contributed by atoms with Crippen LogP contribution in [0.4, 0.5) is 10.5 Å². The number of nitrogens with one attached hydrogen (secondary N) is 1. The lowest BCUT2D eigenvalue weighted by atomic mass is 10.1. The highest BCUT2D eigenvalue weighted by atomic mass is 32.2. The number of hydrogen-bond donors (Lipinski definition) is 1. The zero-order valence-electron chi connectivity index (χ0n) is 20.3. The van der Waals surface area contributed by atoms with Crippen molar-refractivity contribution in [2.24, 2.45) is 0 Å². The van der Waals surface area contributed by atoms with Crippen LogP contribution in [0.5, 0.6) is 17.2 Å². The fourth-order valence-corrected chi connectivity index (χ4v) is 4.05. The van der Waals surface area contributed by atoms with Gasteiger partial charge in [-0.2, -0.15) is 0 Å². The highest BCUT2D eigenvalue weighted by molar-refractivity contribution is 8.18. The van der Waals surface area contributed by atoms with Crippen LogP contribution in [-0.4, -0.2) is 47.8 Å². The molecule has 1 aliphatic heterocycles. The normalized spacial score (nSPS) is 15.3. The van der Waals surface area contributed by atoms with Gasteiger partial charge in [-0.05, 0) is 87.0 Å². The van der Waals surface area contributed by atoms with Crippen molar-refractivity contribution >= 4 is 40.6 Å². The van der Waals surface area contributed by atoms with E-state index in [0.29, 0.717) is 41.7 Å². The molecule has 186 valence electrons. The lowest BCUT2D eigenvalue weighted by Crippen LogP contribution is -2.36. The summed E-state index contributed by atoms with van der Waals surface area (Å²) in [5.41, 5.74) is 1.23. The van der Waals surface area contributed by atoms with Gasteiger partial charge in [0, 0.05) is 5.69 Å². The van der Waals surface area contributed by atoms with Crippen molar-refractivity contribution in [3.05, 3.63) is 52.9 Å². The number of thioether (sulfide) groups is 1. The van der Waals surface area contributed by atoms with E-state index in [1.54, 1.807) is 48.5 Å². The predicted octanol–water partition coefficient (Wildman–Crippen LogP) is 5.34. The minimum Gasteiger partial charge on any atom is -0.494 e. The lowest BCUT2D eigenvalue weighted by Gasteiger charge is -2.16. The van der Waals surface area contributed by atoms with E-state index in [0.717, 1.165) is 23.1 Å². The number of hydrogen-bond acceptors (Lipinski definition) is 7. The smallest absolute Gasteiger partial charge is 0.294 e. The molecule has 0 aliphatic carbocycles. The highest BCUT2D eigenvalue weighted by Gasteiger charge is 2.36. The van der Waals surface area contributed by atoms with E-state index >= 15 is 0 Å². The summed E-state index contributed by atoms with van der Waals surface area (Å²) in [5, 5.41) is 2.20. The summed E-state index contributed by atoms with van der Waals surface area (Å²) >= 11 is 0.800. The minimum absolute atomic E-state index is 0.0327. The van der Waals surface area contributed by atoms with E-state index in [9.17, 15) is 14.4 Å². The van der Waals surface area contributed by atoms with Crippen LogP contribution in [0.1, 0.15) is 39.7 Å². The maximum atomic E-state index is 12.9. The Labute approximate surface area is 209 Å². The van der Waals surface area contributed by atoms with Crippen LogP contribution in [0, 0.1) is 0 Å². The third-order valence-corrected chi connectivity index (χ3v) is 6.00. The molecule has 1 fully saturated rings. The van der Waals surface area contributed by atoms with Gasteiger partial charge in [-0.25, -0.2) is 0 Å². The molecule has 2 aromatic carbocycles. The number of ether oxygens (including phenoxy) is 3. The first-order valence-corrected chi connectivity index (χ1v) is 12.4. The molecule has 3 amide bonds. The van der Waals surface area contributed by atoms with E-state index < -0.39 is 17.1 Å². The van der Waals surface area contributed by atoms with Crippen molar-refractivity contribution in [2.45, 2.75) is 40.2 Å².